The second-order valence-electron chi connectivity index (χ2n) is 5.25. The fourth-order valence-corrected chi connectivity index (χ4v) is 2.30. The first-order valence-corrected chi connectivity index (χ1v) is 7.07. The van der Waals surface area contributed by atoms with Crippen molar-refractivity contribution < 1.29 is 4.74 Å². The molecule has 104 valence electrons. The van der Waals surface area contributed by atoms with Crippen molar-refractivity contribution in [3.8, 4) is 5.75 Å². The highest BCUT2D eigenvalue weighted by atomic mass is 16.5. The summed E-state index contributed by atoms with van der Waals surface area (Å²) >= 11 is 0. The molecule has 0 bridgehead atoms. The molecule has 0 aliphatic carbocycles. The number of nitrogens with zero attached hydrogens (tertiary/aromatic N) is 1. The van der Waals surface area contributed by atoms with Gasteiger partial charge < -0.3 is 14.6 Å². The van der Waals surface area contributed by atoms with Crippen LogP contribution in [0.5, 0.6) is 5.75 Å². The van der Waals surface area contributed by atoms with Gasteiger partial charge in [0, 0.05) is 29.7 Å². The molecule has 0 spiro atoms. The number of ether oxygens (including phenoxy) is 1. The number of rotatable bonds is 7. The molecule has 0 amide bonds. The first-order valence-electron chi connectivity index (χ1n) is 7.07. The average Bonchev–Trinajstić information content (AvgIpc) is 2.80. The van der Waals surface area contributed by atoms with Crippen LogP contribution in [0.15, 0.2) is 30.5 Å². The first kappa shape index (κ1) is 13.9. The summed E-state index contributed by atoms with van der Waals surface area (Å²) in [4.78, 5) is 0. The van der Waals surface area contributed by atoms with Gasteiger partial charge in [-0.2, -0.15) is 0 Å². The molecule has 3 nitrogen and oxygen atoms in total. The molecule has 0 saturated carbocycles. The Labute approximate surface area is 115 Å². The Morgan fingerprint density at radius 3 is 2.79 bits per heavy atom. The van der Waals surface area contributed by atoms with Crippen LogP contribution in [-0.2, 0) is 6.54 Å². The second-order valence-corrected chi connectivity index (χ2v) is 5.25. The van der Waals surface area contributed by atoms with Gasteiger partial charge in [0.2, 0.25) is 0 Å². The third-order valence-electron chi connectivity index (χ3n) is 3.36. The van der Waals surface area contributed by atoms with Crippen LogP contribution in [0.2, 0.25) is 0 Å². The third-order valence-corrected chi connectivity index (χ3v) is 3.36. The summed E-state index contributed by atoms with van der Waals surface area (Å²) < 4.78 is 7.57. The lowest BCUT2D eigenvalue weighted by molar-refractivity contribution is 0.415. The van der Waals surface area contributed by atoms with Crippen LogP contribution in [0.1, 0.15) is 26.7 Å². The Kier molecular flexibility index (Phi) is 4.86. The van der Waals surface area contributed by atoms with Crippen LogP contribution in [0.25, 0.3) is 10.9 Å². The van der Waals surface area contributed by atoms with E-state index >= 15 is 0 Å². The topological polar surface area (TPSA) is 26.2 Å². The number of aromatic nitrogens is 1. The van der Waals surface area contributed by atoms with Gasteiger partial charge in [-0.15, -0.1) is 0 Å². The number of unbranched alkanes of at least 4 members (excludes halogenated alkanes) is 1. The molecular formula is C16H24N2O. The highest BCUT2D eigenvalue weighted by Gasteiger charge is 2.02. The minimum atomic E-state index is 0.583. The monoisotopic (exact) mass is 260 g/mol. The summed E-state index contributed by atoms with van der Waals surface area (Å²) in [6, 6.07) is 9.00. The Morgan fingerprint density at radius 2 is 2.05 bits per heavy atom. The number of nitrogens with one attached hydrogen (secondary N) is 1. The van der Waals surface area contributed by atoms with Crippen LogP contribution in [-0.4, -0.2) is 24.3 Å². The van der Waals surface area contributed by atoms with E-state index in [4.69, 9.17) is 4.74 Å². The number of hydrogen-bond acceptors (Lipinski definition) is 2. The summed E-state index contributed by atoms with van der Waals surface area (Å²) in [6.07, 6.45) is 4.59. The number of fused-ring (bicyclic) bond motifs is 1. The molecule has 0 unspecified atom stereocenters. The van der Waals surface area contributed by atoms with E-state index in [0.29, 0.717) is 6.04 Å². The number of hydrogen-bond donors (Lipinski definition) is 1. The number of aryl methyl sites for hydroxylation is 1. The highest BCUT2D eigenvalue weighted by Crippen LogP contribution is 2.22. The molecule has 3 heteroatoms. The van der Waals surface area contributed by atoms with E-state index in [9.17, 15) is 0 Å². The first-order chi connectivity index (χ1) is 9.20. The molecule has 1 heterocycles. The zero-order valence-corrected chi connectivity index (χ0v) is 12.1. The molecule has 1 aromatic heterocycles. The number of methoxy groups -OCH3 is 1. The van der Waals surface area contributed by atoms with Crippen LogP contribution in [0.3, 0.4) is 0 Å². The lowest BCUT2D eigenvalue weighted by atomic mass is 10.2. The summed E-state index contributed by atoms with van der Waals surface area (Å²) in [6.45, 7) is 6.56. The quantitative estimate of drug-likeness (QED) is 0.772. The van der Waals surface area contributed by atoms with Crippen LogP contribution >= 0.6 is 0 Å². The smallest absolute Gasteiger partial charge is 0.119 e. The maximum atomic E-state index is 5.25. The van der Waals surface area contributed by atoms with E-state index in [2.05, 4.69) is 48.1 Å². The van der Waals surface area contributed by atoms with Gasteiger partial charge in [-0.1, -0.05) is 13.8 Å². The normalized spacial score (nSPS) is 11.4. The van der Waals surface area contributed by atoms with E-state index in [1.165, 1.54) is 23.7 Å². The third kappa shape index (κ3) is 3.74. The minimum Gasteiger partial charge on any atom is -0.497 e. The van der Waals surface area contributed by atoms with E-state index in [-0.39, 0.29) is 0 Å². The predicted octanol–water partition coefficient (Wildman–Crippen LogP) is 3.43. The molecule has 19 heavy (non-hydrogen) atoms. The molecule has 1 N–H and O–H groups in total. The van der Waals surface area contributed by atoms with Gasteiger partial charge in [-0.3, -0.25) is 0 Å². The standard InChI is InChI=1S/C16H24N2O/c1-13(2)17-9-4-5-10-18-11-8-14-12-15(19-3)6-7-16(14)18/h6-8,11-13,17H,4-5,9-10H2,1-3H3. The Morgan fingerprint density at radius 1 is 1.21 bits per heavy atom. The molecule has 0 atom stereocenters. The Bertz CT molecular complexity index is 516. The lowest BCUT2D eigenvalue weighted by Crippen LogP contribution is -2.23. The zero-order valence-electron chi connectivity index (χ0n) is 12.1. The van der Waals surface area contributed by atoms with Crippen molar-refractivity contribution in [2.45, 2.75) is 39.3 Å². The Balaban J connectivity index is 1.90. The zero-order chi connectivity index (χ0) is 13.7. The SMILES string of the molecule is COc1ccc2c(ccn2CCCCNC(C)C)c1. The van der Waals surface area contributed by atoms with Gasteiger partial charge in [0.15, 0.2) is 0 Å². The fourth-order valence-electron chi connectivity index (χ4n) is 2.30. The van der Waals surface area contributed by atoms with Gasteiger partial charge in [0.1, 0.15) is 5.75 Å². The largest absolute Gasteiger partial charge is 0.497 e. The van der Waals surface area contributed by atoms with Crippen molar-refractivity contribution >= 4 is 10.9 Å². The summed E-state index contributed by atoms with van der Waals surface area (Å²) in [5.74, 6) is 0.923. The molecule has 0 radical (unpaired) electrons. The van der Waals surface area contributed by atoms with Crippen molar-refractivity contribution in [3.63, 3.8) is 0 Å². The Hall–Kier alpha value is -1.48. The van der Waals surface area contributed by atoms with Crippen molar-refractivity contribution in [1.82, 2.24) is 9.88 Å². The van der Waals surface area contributed by atoms with Gasteiger partial charge in [0.05, 0.1) is 7.11 Å². The van der Waals surface area contributed by atoms with Gasteiger partial charge in [-0.25, -0.2) is 0 Å². The highest BCUT2D eigenvalue weighted by molar-refractivity contribution is 5.81. The summed E-state index contributed by atoms with van der Waals surface area (Å²) in [7, 11) is 1.71. The van der Waals surface area contributed by atoms with Crippen LogP contribution in [0.4, 0.5) is 0 Å². The van der Waals surface area contributed by atoms with Crippen molar-refractivity contribution in [2.24, 2.45) is 0 Å². The fraction of sp³-hybridized carbons (Fsp3) is 0.500. The van der Waals surface area contributed by atoms with E-state index in [0.717, 1.165) is 18.8 Å². The summed E-state index contributed by atoms with van der Waals surface area (Å²) in [5, 5.41) is 4.70. The van der Waals surface area contributed by atoms with Crippen molar-refractivity contribution in [2.75, 3.05) is 13.7 Å². The van der Waals surface area contributed by atoms with E-state index in [1.54, 1.807) is 7.11 Å². The lowest BCUT2D eigenvalue weighted by Gasteiger charge is -2.09. The summed E-state index contributed by atoms with van der Waals surface area (Å²) in [5.41, 5.74) is 1.29. The van der Waals surface area contributed by atoms with Crippen LogP contribution < -0.4 is 10.1 Å². The number of benzene rings is 1. The molecule has 0 aliphatic rings. The minimum absolute atomic E-state index is 0.583. The van der Waals surface area contributed by atoms with Crippen molar-refractivity contribution in [3.05, 3.63) is 30.5 Å². The molecule has 2 aromatic rings. The average molecular weight is 260 g/mol. The molecule has 1 aromatic carbocycles. The van der Waals surface area contributed by atoms with Gasteiger partial charge in [-0.05, 0) is 43.7 Å². The maximum Gasteiger partial charge on any atom is 0.119 e. The molecule has 0 saturated heterocycles. The maximum absolute atomic E-state index is 5.25. The molecule has 0 fully saturated rings. The predicted molar refractivity (Wildman–Crippen MR) is 80.9 cm³/mol. The van der Waals surface area contributed by atoms with E-state index < -0.39 is 0 Å². The second kappa shape index (κ2) is 6.62. The molecule has 0 aliphatic heterocycles. The van der Waals surface area contributed by atoms with E-state index in [1.807, 2.05) is 6.07 Å². The van der Waals surface area contributed by atoms with Gasteiger partial charge >= 0.3 is 0 Å². The van der Waals surface area contributed by atoms with Crippen molar-refractivity contribution in [1.29, 1.82) is 0 Å². The van der Waals surface area contributed by atoms with Crippen LogP contribution in [0, 0.1) is 0 Å². The molecular weight excluding hydrogens is 236 g/mol. The molecule has 2 rings (SSSR count). The van der Waals surface area contributed by atoms with Gasteiger partial charge in [0.25, 0.3) is 0 Å².